The second kappa shape index (κ2) is 20.2. The van der Waals surface area contributed by atoms with Crippen LogP contribution in [0.15, 0.2) is 0 Å². The summed E-state index contributed by atoms with van der Waals surface area (Å²) in [7, 11) is 6.39. The van der Waals surface area contributed by atoms with Crippen molar-refractivity contribution < 1.29 is 9.84 Å². The Labute approximate surface area is 200 Å². The molecule has 1 aliphatic rings. The van der Waals surface area contributed by atoms with Gasteiger partial charge in [-0.15, -0.1) is 0 Å². The lowest BCUT2D eigenvalue weighted by Crippen LogP contribution is -2.49. The van der Waals surface area contributed by atoms with Crippen molar-refractivity contribution in [1.82, 2.24) is 19.6 Å². The van der Waals surface area contributed by atoms with Crippen LogP contribution in [0.2, 0.25) is 0 Å². The van der Waals surface area contributed by atoms with E-state index >= 15 is 0 Å². The normalized spacial score (nSPS) is 17.0. The third-order valence-corrected chi connectivity index (χ3v) is 6.60. The summed E-state index contributed by atoms with van der Waals surface area (Å²) in [6, 6.07) is 0. The lowest BCUT2D eigenvalue weighted by Gasteiger charge is -2.36. The molecule has 1 aliphatic heterocycles. The fourth-order valence-corrected chi connectivity index (χ4v) is 4.30. The van der Waals surface area contributed by atoms with Crippen LogP contribution in [0, 0.1) is 0 Å². The molecule has 1 unspecified atom stereocenters. The minimum absolute atomic E-state index is 0.383. The van der Waals surface area contributed by atoms with Crippen LogP contribution < -0.4 is 0 Å². The zero-order chi connectivity index (χ0) is 23.4. The lowest BCUT2D eigenvalue weighted by atomic mass is 10.1. The molecule has 192 valence electrons. The van der Waals surface area contributed by atoms with Gasteiger partial charge in [-0.3, -0.25) is 9.80 Å². The van der Waals surface area contributed by atoms with Crippen LogP contribution in [0.4, 0.5) is 0 Å². The number of unbranched alkanes of at least 4 members (excludes halogenated alkanes) is 9. The van der Waals surface area contributed by atoms with Crippen LogP contribution in [0.25, 0.3) is 0 Å². The first-order valence-electron chi connectivity index (χ1n) is 13.5. The summed E-state index contributed by atoms with van der Waals surface area (Å²) in [5.41, 5.74) is 0. The number of hydrogen-bond donors (Lipinski definition) is 1. The van der Waals surface area contributed by atoms with E-state index in [0.717, 1.165) is 45.8 Å². The van der Waals surface area contributed by atoms with E-state index in [9.17, 15) is 5.11 Å². The van der Waals surface area contributed by atoms with E-state index < -0.39 is 0 Å². The van der Waals surface area contributed by atoms with E-state index in [0.29, 0.717) is 13.2 Å². The maximum absolute atomic E-state index is 10.3. The summed E-state index contributed by atoms with van der Waals surface area (Å²) >= 11 is 0. The first-order valence-corrected chi connectivity index (χ1v) is 13.5. The molecule has 1 fully saturated rings. The van der Waals surface area contributed by atoms with Crippen molar-refractivity contribution in [3.8, 4) is 0 Å². The van der Waals surface area contributed by atoms with Crippen molar-refractivity contribution in [3.05, 3.63) is 0 Å². The van der Waals surface area contributed by atoms with Crippen LogP contribution in [0.3, 0.4) is 0 Å². The average Bonchev–Trinajstić information content (AvgIpc) is 2.77. The van der Waals surface area contributed by atoms with Crippen molar-refractivity contribution in [2.45, 2.75) is 77.2 Å². The Morgan fingerprint density at radius 1 is 0.750 bits per heavy atom. The van der Waals surface area contributed by atoms with Gasteiger partial charge in [0.15, 0.2) is 0 Å². The van der Waals surface area contributed by atoms with E-state index in [1.165, 1.54) is 77.4 Å². The SMILES string of the molecule is CCCCCCCCCCCCOCC(O)CN(C)CCN1CCN(CCN(C)C)CC1. The van der Waals surface area contributed by atoms with Gasteiger partial charge < -0.3 is 19.6 Å². The molecule has 1 heterocycles. The molecule has 1 atom stereocenters. The fourth-order valence-electron chi connectivity index (χ4n) is 4.30. The highest BCUT2D eigenvalue weighted by molar-refractivity contribution is 4.73. The van der Waals surface area contributed by atoms with Crippen LogP contribution >= 0.6 is 0 Å². The molecular weight excluding hydrogens is 400 g/mol. The highest BCUT2D eigenvalue weighted by atomic mass is 16.5. The van der Waals surface area contributed by atoms with Gasteiger partial charge in [-0.25, -0.2) is 0 Å². The number of piperazine rings is 1. The van der Waals surface area contributed by atoms with E-state index in [4.69, 9.17) is 4.74 Å². The zero-order valence-corrected chi connectivity index (χ0v) is 22.1. The van der Waals surface area contributed by atoms with Gasteiger partial charge >= 0.3 is 0 Å². The highest BCUT2D eigenvalue weighted by Gasteiger charge is 2.17. The molecule has 0 spiro atoms. The van der Waals surface area contributed by atoms with Gasteiger partial charge in [-0.2, -0.15) is 0 Å². The minimum atomic E-state index is -0.383. The standard InChI is InChI=1S/C26H56N4O2/c1-5-6-7-8-9-10-11-12-13-14-23-32-25-26(31)24-28(4)16-18-30-21-19-29(20-22-30)17-15-27(2)3/h26,31H,5-25H2,1-4H3. The molecule has 0 aromatic carbocycles. The summed E-state index contributed by atoms with van der Waals surface area (Å²) in [6.07, 6.45) is 13.0. The first kappa shape index (κ1) is 29.8. The van der Waals surface area contributed by atoms with Gasteiger partial charge in [0.2, 0.25) is 0 Å². The number of hydrogen-bond acceptors (Lipinski definition) is 6. The number of nitrogens with zero attached hydrogens (tertiary/aromatic N) is 4. The topological polar surface area (TPSA) is 42.4 Å². The van der Waals surface area contributed by atoms with Gasteiger partial charge in [0.05, 0.1) is 12.7 Å². The molecule has 1 N–H and O–H groups in total. The second-order valence-electron chi connectivity index (χ2n) is 10.2. The summed E-state index contributed by atoms with van der Waals surface area (Å²) in [5.74, 6) is 0. The number of aliphatic hydroxyl groups excluding tert-OH is 1. The molecule has 32 heavy (non-hydrogen) atoms. The summed E-state index contributed by atoms with van der Waals surface area (Å²) < 4.78 is 5.72. The zero-order valence-electron chi connectivity index (χ0n) is 22.1. The third kappa shape index (κ3) is 17.3. The molecule has 0 bridgehead atoms. The van der Waals surface area contributed by atoms with Crippen molar-refractivity contribution in [2.24, 2.45) is 0 Å². The Morgan fingerprint density at radius 3 is 1.78 bits per heavy atom. The number of likely N-dealkylation sites (N-methyl/N-ethyl adjacent to an activating group) is 2. The monoisotopic (exact) mass is 456 g/mol. The van der Waals surface area contributed by atoms with Crippen molar-refractivity contribution >= 4 is 0 Å². The largest absolute Gasteiger partial charge is 0.389 e. The van der Waals surface area contributed by atoms with E-state index in [1.807, 2.05) is 0 Å². The quantitative estimate of drug-likeness (QED) is 0.267. The Kier molecular flexibility index (Phi) is 18.8. The van der Waals surface area contributed by atoms with E-state index in [1.54, 1.807) is 0 Å². The molecule has 0 aromatic rings. The second-order valence-corrected chi connectivity index (χ2v) is 10.2. The van der Waals surface area contributed by atoms with Crippen molar-refractivity contribution in [2.75, 3.05) is 93.3 Å². The fraction of sp³-hybridized carbons (Fsp3) is 1.00. The Hall–Kier alpha value is -0.240. The van der Waals surface area contributed by atoms with Crippen LogP contribution in [-0.2, 0) is 4.74 Å². The molecule has 1 saturated heterocycles. The number of rotatable bonds is 21. The van der Waals surface area contributed by atoms with Crippen LogP contribution in [0.1, 0.15) is 71.1 Å². The number of ether oxygens (including phenoxy) is 1. The molecule has 6 nitrogen and oxygen atoms in total. The lowest BCUT2D eigenvalue weighted by molar-refractivity contribution is 0.0175. The van der Waals surface area contributed by atoms with Gasteiger partial charge in [-0.05, 0) is 27.6 Å². The van der Waals surface area contributed by atoms with E-state index in [2.05, 4.69) is 47.7 Å². The Balaban J connectivity index is 1.90. The molecule has 0 aromatic heterocycles. The van der Waals surface area contributed by atoms with Crippen molar-refractivity contribution in [3.63, 3.8) is 0 Å². The van der Waals surface area contributed by atoms with Crippen molar-refractivity contribution in [1.29, 1.82) is 0 Å². The minimum Gasteiger partial charge on any atom is -0.389 e. The van der Waals surface area contributed by atoms with Gasteiger partial charge in [-0.1, -0.05) is 64.7 Å². The van der Waals surface area contributed by atoms with E-state index in [-0.39, 0.29) is 6.10 Å². The van der Waals surface area contributed by atoms with Gasteiger partial charge in [0.25, 0.3) is 0 Å². The maximum Gasteiger partial charge on any atom is 0.0900 e. The van der Waals surface area contributed by atoms with Gasteiger partial charge in [0, 0.05) is 65.5 Å². The molecule has 1 rings (SSSR count). The third-order valence-electron chi connectivity index (χ3n) is 6.60. The molecule has 0 saturated carbocycles. The molecule has 6 heteroatoms. The predicted molar refractivity (Wildman–Crippen MR) is 138 cm³/mol. The Morgan fingerprint density at radius 2 is 1.25 bits per heavy atom. The van der Waals surface area contributed by atoms with Crippen LogP contribution in [-0.4, -0.2) is 124 Å². The smallest absolute Gasteiger partial charge is 0.0900 e. The summed E-state index contributed by atoms with van der Waals surface area (Å²) in [4.78, 5) is 9.62. The highest BCUT2D eigenvalue weighted by Crippen LogP contribution is 2.10. The van der Waals surface area contributed by atoms with Crippen LogP contribution in [0.5, 0.6) is 0 Å². The average molecular weight is 457 g/mol. The molecule has 0 aliphatic carbocycles. The molecule has 0 radical (unpaired) electrons. The predicted octanol–water partition coefficient (Wildman–Crippen LogP) is 3.40. The van der Waals surface area contributed by atoms with Gasteiger partial charge in [0.1, 0.15) is 0 Å². The number of aliphatic hydroxyl groups is 1. The summed E-state index contributed by atoms with van der Waals surface area (Å²) in [6.45, 7) is 13.3. The summed E-state index contributed by atoms with van der Waals surface area (Å²) in [5, 5.41) is 10.3. The first-order chi connectivity index (χ1) is 15.5. The maximum atomic E-state index is 10.3. The molecule has 0 amide bonds. The Bertz CT molecular complexity index is 403. The molecular formula is C26H56N4O2.